The molecule has 0 amide bonds. The van der Waals surface area contributed by atoms with Gasteiger partial charge in [-0.15, -0.1) is 0 Å². The number of allylic oxidation sites excluding steroid dienone is 1. The third-order valence-electron chi connectivity index (χ3n) is 5.97. The van der Waals surface area contributed by atoms with Crippen LogP contribution in [0, 0.1) is 5.92 Å². The van der Waals surface area contributed by atoms with Crippen molar-refractivity contribution in [3.05, 3.63) is 59.0 Å². The van der Waals surface area contributed by atoms with Gasteiger partial charge in [0, 0.05) is 35.6 Å². The first kappa shape index (κ1) is 17.9. The lowest BCUT2D eigenvalue weighted by molar-refractivity contribution is -0.137. The Morgan fingerprint density at radius 2 is 2.11 bits per heavy atom. The average Bonchev–Trinajstić information content (AvgIpc) is 3.09. The minimum Gasteiger partial charge on any atom is -0.504 e. The molecule has 2 aliphatic heterocycles. The number of methoxy groups -OCH3 is 2. The predicted octanol–water partition coefficient (Wildman–Crippen LogP) is 3.74. The summed E-state index contributed by atoms with van der Waals surface area (Å²) in [6, 6.07) is 8.77. The van der Waals surface area contributed by atoms with Crippen LogP contribution in [0.2, 0.25) is 0 Å². The number of carbonyl (C=O) groups is 1. The van der Waals surface area contributed by atoms with Gasteiger partial charge in [-0.3, -0.25) is 4.90 Å². The number of rotatable bonds is 3. The molecule has 1 aromatic carbocycles. The minimum atomic E-state index is -0.317. The van der Waals surface area contributed by atoms with Gasteiger partial charge in [0.25, 0.3) is 0 Å². The van der Waals surface area contributed by atoms with Gasteiger partial charge in [0.2, 0.25) is 0 Å². The van der Waals surface area contributed by atoms with E-state index in [-0.39, 0.29) is 17.9 Å². The highest BCUT2D eigenvalue weighted by Gasteiger charge is 2.40. The lowest BCUT2D eigenvalue weighted by Gasteiger charge is -2.44. The van der Waals surface area contributed by atoms with Gasteiger partial charge in [0.1, 0.15) is 0 Å². The molecule has 2 aliphatic rings. The van der Waals surface area contributed by atoms with Crippen molar-refractivity contribution in [2.45, 2.75) is 25.8 Å². The van der Waals surface area contributed by atoms with Crippen LogP contribution in [-0.2, 0) is 20.7 Å². The van der Waals surface area contributed by atoms with E-state index in [1.54, 1.807) is 13.4 Å². The van der Waals surface area contributed by atoms with Gasteiger partial charge in [-0.25, -0.2) is 4.79 Å². The average molecular weight is 366 g/mol. The first-order valence-electron chi connectivity index (χ1n) is 9.47. The Labute approximate surface area is 159 Å². The first-order valence-corrected chi connectivity index (χ1v) is 9.47. The van der Waals surface area contributed by atoms with Crippen molar-refractivity contribution >= 4 is 16.9 Å². The zero-order valence-corrected chi connectivity index (χ0v) is 16.1. The summed E-state index contributed by atoms with van der Waals surface area (Å²) in [5.41, 5.74) is 5.75. The Morgan fingerprint density at radius 1 is 1.30 bits per heavy atom. The summed E-state index contributed by atoms with van der Waals surface area (Å²) in [6.07, 6.45) is 5.57. The van der Waals surface area contributed by atoms with E-state index >= 15 is 0 Å². The van der Waals surface area contributed by atoms with Crippen LogP contribution in [0.4, 0.5) is 0 Å². The van der Waals surface area contributed by atoms with Crippen LogP contribution in [0.15, 0.2) is 47.7 Å². The smallest absolute Gasteiger partial charge is 0.337 e. The molecule has 0 unspecified atom stereocenters. The molecule has 0 aliphatic carbocycles. The van der Waals surface area contributed by atoms with Gasteiger partial charge < -0.3 is 14.5 Å². The topological polar surface area (TPSA) is 54.6 Å². The second kappa shape index (κ2) is 7.24. The summed E-state index contributed by atoms with van der Waals surface area (Å²) in [5, 5.41) is 1.32. The van der Waals surface area contributed by atoms with Crippen molar-refractivity contribution in [2.24, 2.45) is 5.92 Å². The molecule has 1 aromatic heterocycles. The van der Waals surface area contributed by atoms with E-state index in [0.717, 1.165) is 25.9 Å². The second-order valence-corrected chi connectivity index (χ2v) is 7.25. The van der Waals surface area contributed by atoms with Gasteiger partial charge in [-0.05, 0) is 31.4 Å². The Morgan fingerprint density at radius 3 is 2.85 bits per heavy atom. The molecular weight excluding hydrogens is 340 g/mol. The number of benzene rings is 1. The normalized spacial score (nSPS) is 24.6. The quantitative estimate of drug-likeness (QED) is 0.389. The maximum atomic E-state index is 12.4. The number of piperidine rings is 1. The fraction of sp³-hybridized carbons (Fsp3) is 0.409. The third kappa shape index (κ3) is 2.96. The van der Waals surface area contributed by atoms with E-state index in [1.807, 2.05) is 6.92 Å². The van der Waals surface area contributed by atoms with Crippen LogP contribution >= 0.6 is 0 Å². The number of para-hydroxylation sites is 1. The van der Waals surface area contributed by atoms with Crippen LogP contribution in [0.25, 0.3) is 10.9 Å². The fourth-order valence-corrected chi connectivity index (χ4v) is 4.68. The molecule has 27 heavy (non-hydrogen) atoms. The number of carbonyl (C=O) groups excluding carboxylic acids is 1. The zero-order valence-electron chi connectivity index (χ0n) is 16.1. The standard InChI is InChI=1S/C22H26N2O3/c1-4-14-12-24-10-9-16-15-7-5-6-8-19(15)23-21(16)20(24)11-17(14)18(13-26-2)22(25)27-3/h4-8,13,17,20,23H,9-12H2,1-3H3/b14-4?,18-13+/t17-,20-/m0/s1. The van der Waals surface area contributed by atoms with Crippen LogP contribution in [-0.4, -0.2) is 43.2 Å². The van der Waals surface area contributed by atoms with E-state index in [2.05, 4.69) is 40.2 Å². The number of H-pyrrole nitrogens is 1. The van der Waals surface area contributed by atoms with E-state index < -0.39 is 0 Å². The molecule has 3 heterocycles. The summed E-state index contributed by atoms with van der Waals surface area (Å²) in [4.78, 5) is 18.6. The summed E-state index contributed by atoms with van der Waals surface area (Å²) in [5.74, 6) is -0.316. The number of ether oxygens (including phenoxy) is 2. The monoisotopic (exact) mass is 366 g/mol. The van der Waals surface area contributed by atoms with Crippen molar-refractivity contribution in [1.29, 1.82) is 0 Å². The molecular formula is C22H26N2O3. The molecule has 2 atom stereocenters. The van der Waals surface area contributed by atoms with E-state index in [9.17, 15) is 4.79 Å². The highest BCUT2D eigenvalue weighted by Crippen LogP contribution is 2.44. The van der Waals surface area contributed by atoms with Crippen molar-refractivity contribution in [3.8, 4) is 0 Å². The van der Waals surface area contributed by atoms with Gasteiger partial charge in [0.15, 0.2) is 0 Å². The van der Waals surface area contributed by atoms with E-state index in [0.29, 0.717) is 5.57 Å². The number of hydrogen-bond donors (Lipinski definition) is 1. The van der Waals surface area contributed by atoms with Crippen LogP contribution in [0.3, 0.4) is 0 Å². The third-order valence-corrected chi connectivity index (χ3v) is 5.97. The van der Waals surface area contributed by atoms with Crippen molar-refractivity contribution in [1.82, 2.24) is 9.88 Å². The predicted molar refractivity (Wildman–Crippen MR) is 105 cm³/mol. The number of hydrogen-bond acceptors (Lipinski definition) is 4. The van der Waals surface area contributed by atoms with Crippen LogP contribution in [0.1, 0.15) is 30.6 Å². The molecule has 0 spiro atoms. The molecule has 142 valence electrons. The number of fused-ring (bicyclic) bond motifs is 5. The molecule has 0 radical (unpaired) electrons. The zero-order chi connectivity index (χ0) is 19.0. The van der Waals surface area contributed by atoms with Crippen molar-refractivity contribution in [3.63, 3.8) is 0 Å². The summed E-state index contributed by atoms with van der Waals surface area (Å²) < 4.78 is 10.2. The highest BCUT2D eigenvalue weighted by molar-refractivity contribution is 5.89. The molecule has 2 aromatic rings. The largest absolute Gasteiger partial charge is 0.504 e. The summed E-state index contributed by atoms with van der Waals surface area (Å²) in [7, 11) is 3.00. The maximum Gasteiger partial charge on any atom is 0.337 e. The maximum absolute atomic E-state index is 12.4. The molecule has 5 heteroatoms. The van der Waals surface area contributed by atoms with Crippen molar-refractivity contribution < 1.29 is 14.3 Å². The van der Waals surface area contributed by atoms with Crippen LogP contribution in [0.5, 0.6) is 0 Å². The van der Waals surface area contributed by atoms with E-state index in [4.69, 9.17) is 9.47 Å². The van der Waals surface area contributed by atoms with Crippen LogP contribution < -0.4 is 0 Å². The highest BCUT2D eigenvalue weighted by atomic mass is 16.5. The molecule has 0 bridgehead atoms. The number of aromatic amines is 1. The number of nitrogens with zero attached hydrogens (tertiary/aromatic N) is 1. The Bertz CT molecular complexity index is 925. The molecule has 5 nitrogen and oxygen atoms in total. The Kier molecular flexibility index (Phi) is 4.79. The molecule has 0 saturated carbocycles. The molecule has 1 N–H and O–H groups in total. The van der Waals surface area contributed by atoms with Crippen molar-refractivity contribution in [2.75, 3.05) is 27.3 Å². The SMILES string of the molecule is CC=C1CN2CCc3c([nH]c4ccccc34)[C@@H]2C[C@@H]1/C(=C\OC)C(=O)OC. The summed E-state index contributed by atoms with van der Waals surface area (Å²) in [6.45, 7) is 3.94. The number of aromatic nitrogens is 1. The Hall–Kier alpha value is -2.53. The lowest BCUT2D eigenvalue weighted by Crippen LogP contribution is -2.43. The van der Waals surface area contributed by atoms with E-state index in [1.165, 1.54) is 34.8 Å². The molecule has 1 fully saturated rings. The second-order valence-electron chi connectivity index (χ2n) is 7.25. The minimum absolute atomic E-state index is 0.000937. The molecule has 1 saturated heterocycles. The number of nitrogens with one attached hydrogen (secondary N) is 1. The number of esters is 1. The fourth-order valence-electron chi connectivity index (χ4n) is 4.68. The lowest BCUT2D eigenvalue weighted by atomic mass is 9.78. The molecule has 4 rings (SSSR count). The first-order chi connectivity index (χ1) is 13.2. The van der Waals surface area contributed by atoms with Gasteiger partial charge in [-0.1, -0.05) is 29.8 Å². The Balaban J connectivity index is 1.75. The van der Waals surface area contributed by atoms with Gasteiger partial charge in [-0.2, -0.15) is 0 Å². The van der Waals surface area contributed by atoms with Gasteiger partial charge >= 0.3 is 5.97 Å². The summed E-state index contributed by atoms with van der Waals surface area (Å²) >= 11 is 0. The van der Waals surface area contributed by atoms with Gasteiger partial charge in [0.05, 0.1) is 32.1 Å².